The standard InChI is InChI=1S/C16H18N2O/c1-19-15-8-6-13(7-9-15)17-11-14-10-12-4-2-3-5-16(12)18-14/h2-9,14,17-18H,10-11H2,1H3/t14-/m0/s1. The fourth-order valence-corrected chi connectivity index (χ4v) is 2.45. The Labute approximate surface area is 113 Å². The molecule has 98 valence electrons. The molecule has 2 aromatic carbocycles. The largest absolute Gasteiger partial charge is 0.497 e. The minimum atomic E-state index is 0.458. The van der Waals surface area contributed by atoms with E-state index in [0.29, 0.717) is 6.04 Å². The molecule has 0 aromatic heterocycles. The van der Waals surface area contributed by atoms with Crippen molar-refractivity contribution >= 4 is 11.4 Å². The maximum absolute atomic E-state index is 5.15. The monoisotopic (exact) mass is 254 g/mol. The summed E-state index contributed by atoms with van der Waals surface area (Å²) in [5.74, 6) is 0.886. The molecule has 3 rings (SSSR count). The summed E-state index contributed by atoms with van der Waals surface area (Å²) in [6, 6.07) is 17.0. The SMILES string of the molecule is COc1ccc(NC[C@@H]2Cc3ccccc3N2)cc1. The van der Waals surface area contributed by atoms with Crippen molar-refractivity contribution in [3.05, 3.63) is 54.1 Å². The lowest BCUT2D eigenvalue weighted by Gasteiger charge is -2.13. The molecule has 0 fully saturated rings. The molecule has 3 nitrogen and oxygen atoms in total. The number of ether oxygens (including phenoxy) is 1. The van der Waals surface area contributed by atoms with Gasteiger partial charge in [-0.3, -0.25) is 0 Å². The molecule has 0 saturated carbocycles. The van der Waals surface area contributed by atoms with Crippen LogP contribution in [-0.2, 0) is 6.42 Å². The minimum absolute atomic E-state index is 0.458. The first-order chi connectivity index (χ1) is 9.35. The van der Waals surface area contributed by atoms with E-state index in [1.165, 1.54) is 11.3 Å². The summed E-state index contributed by atoms with van der Waals surface area (Å²) < 4.78 is 5.15. The molecule has 1 atom stereocenters. The van der Waals surface area contributed by atoms with Gasteiger partial charge in [0.05, 0.1) is 7.11 Å². The zero-order chi connectivity index (χ0) is 13.1. The van der Waals surface area contributed by atoms with Gasteiger partial charge in [0.2, 0.25) is 0 Å². The van der Waals surface area contributed by atoms with Crippen LogP contribution in [0.25, 0.3) is 0 Å². The number of fused-ring (bicyclic) bond motifs is 1. The summed E-state index contributed by atoms with van der Waals surface area (Å²) in [7, 11) is 1.68. The smallest absolute Gasteiger partial charge is 0.119 e. The zero-order valence-electron chi connectivity index (χ0n) is 11.0. The van der Waals surface area contributed by atoms with E-state index in [4.69, 9.17) is 4.74 Å². The Balaban J connectivity index is 1.56. The maximum atomic E-state index is 5.15. The highest BCUT2D eigenvalue weighted by atomic mass is 16.5. The topological polar surface area (TPSA) is 33.3 Å². The van der Waals surface area contributed by atoms with Crippen molar-refractivity contribution in [3.8, 4) is 5.75 Å². The Morgan fingerprint density at radius 3 is 2.68 bits per heavy atom. The highest BCUT2D eigenvalue weighted by molar-refractivity contribution is 5.57. The molecular weight excluding hydrogens is 236 g/mol. The lowest BCUT2D eigenvalue weighted by atomic mass is 10.1. The van der Waals surface area contributed by atoms with Gasteiger partial charge in [-0.25, -0.2) is 0 Å². The first kappa shape index (κ1) is 11.9. The number of nitrogens with one attached hydrogen (secondary N) is 2. The summed E-state index contributed by atoms with van der Waals surface area (Å²) in [6.45, 7) is 0.918. The third kappa shape index (κ3) is 2.65. The molecule has 0 radical (unpaired) electrons. The molecule has 1 aliphatic rings. The number of hydrogen-bond donors (Lipinski definition) is 2. The Kier molecular flexibility index (Phi) is 3.27. The first-order valence-electron chi connectivity index (χ1n) is 6.57. The van der Waals surface area contributed by atoms with Crippen LogP contribution in [0.4, 0.5) is 11.4 Å². The van der Waals surface area contributed by atoms with Gasteiger partial charge in [-0.15, -0.1) is 0 Å². The fraction of sp³-hybridized carbons (Fsp3) is 0.250. The molecular formula is C16H18N2O. The quantitative estimate of drug-likeness (QED) is 0.879. The van der Waals surface area contributed by atoms with Crippen LogP contribution in [0, 0.1) is 0 Å². The Hall–Kier alpha value is -2.16. The van der Waals surface area contributed by atoms with Gasteiger partial charge in [-0.1, -0.05) is 18.2 Å². The molecule has 3 heteroatoms. The number of benzene rings is 2. The van der Waals surface area contributed by atoms with Gasteiger partial charge < -0.3 is 15.4 Å². The van der Waals surface area contributed by atoms with Crippen LogP contribution in [0.3, 0.4) is 0 Å². The number of hydrogen-bond acceptors (Lipinski definition) is 3. The molecule has 1 aliphatic heterocycles. The normalized spacial score (nSPS) is 16.6. The van der Waals surface area contributed by atoms with Gasteiger partial charge in [0.1, 0.15) is 5.75 Å². The van der Waals surface area contributed by atoms with E-state index in [2.05, 4.69) is 34.9 Å². The van der Waals surface area contributed by atoms with Crippen molar-refractivity contribution in [2.75, 3.05) is 24.3 Å². The zero-order valence-corrected chi connectivity index (χ0v) is 11.0. The van der Waals surface area contributed by atoms with Gasteiger partial charge >= 0.3 is 0 Å². The van der Waals surface area contributed by atoms with Crippen LogP contribution < -0.4 is 15.4 Å². The van der Waals surface area contributed by atoms with Gasteiger partial charge in [-0.05, 0) is 42.3 Å². The highest BCUT2D eigenvalue weighted by Gasteiger charge is 2.19. The van der Waals surface area contributed by atoms with Gasteiger partial charge in [0, 0.05) is 24.0 Å². The maximum Gasteiger partial charge on any atom is 0.119 e. The van der Waals surface area contributed by atoms with E-state index >= 15 is 0 Å². The first-order valence-corrected chi connectivity index (χ1v) is 6.57. The summed E-state index contributed by atoms with van der Waals surface area (Å²) in [5.41, 5.74) is 3.80. The van der Waals surface area contributed by atoms with Crippen LogP contribution in [0.15, 0.2) is 48.5 Å². The minimum Gasteiger partial charge on any atom is -0.497 e. The van der Waals surface area contributed by atoms with E-state index in [1.807, 2.05) is 24.3 Å². The predicted octanol–water partition coefficient (Wildman–Crippen LogP) is 3.14. The molecule has 0 amide bonds. The van der Waals surface area contributed by atoms with Crippen LogP contribution in [-0.4, -0.2) is 19.7 Å². The second-order valence-electron chi connectivity index (χ2n) is 4.81. The van der Waals surface area contributed by atoms with Crippen molar-refractivity contribution in [1.82, 2.24) is 0 Å². The van der Waals surface area contributed by atoms with Crippen LogP contribution >= 0.6 is 0 Å². The average Bonchev–Trinajstić information content (AvgIpc) is 2.88. The molecule has 2 N–H and O–H groups in total. The molecule has 0 bridgehead atoms. The summed E-state index contributed by atoms with van der Waals surface area (Å²) in [6.07, 6.45) is 1.08. The van der Waals surface area contributed by atoms with Gasteiger partial charge in [0.15, 0.2) is 0 Å². The lowest BCUT2D eigenvalue weighted by molar-refractivity contribution is 0.415. The second kappa shape index (κ2) is 5.22. The third-order valence-electron chi connectivity index (χ3n) is 3.49. The van der Waals surface area contributed by atoms with E-state index in [0.717, 1.165) is 24.4 Å². The number of anilines is 2. The third-order valence-corrected chi connectivity index (χ3v) is 3.49. The van der Waals surface area contributed by atoms with Crippen molar-refractivity contribution in [3.63, 3.8) is 0 Å². The Morgan fingerprint density at radius 1 is 1.16 bits per heavy atom. The van der Waals surface area contributed by atoms with E-state index in [-0.39, 0.29) is 0 Å². The Morgan fingerprint density at radius 2 is 1.95 bits per heavy atom. The van der Waals surface area contributed by atoms with E-state index in [9.17, 15) is 0 Å². The summed E-state index contributed by atoms with van der Waals surface area (Å²) in [4.78, 5) is 0. The van der Waals surface area contributed by atoms with E-state index in [1.54, 1.807) is 7.11 Å². The second-order valence-corrected chi connectivity index (χ2v) is 4.81. The average molecular weight is 254 g/mol. The summed E-state index contributed by atoms with van der Waals surface area (Å²) >= 11 is 0. The number of methoxy groups -OCH3 is 1. The summed E-state index contributed by atoms with van der Waals surface area (Å²) in [5, 5.41) is 6.99. The van der Waals surface area contributed by atoms with Crippen LogP contribution in [0.5, 0.6) is 5.75 Å². The molecule has 0 unspecified atom stereocenters. The predicted molar refractivity (Wildman–Crippen MR) is 79.0 cm³/mol. The fourth-order valence-electron chi connectivity index (χ4n) is 2.45. The molecule has 0 spiro atoms. The Bertz CT molecular complexity index is 526. The molecule has 1 heterocycles. The van der Waals surface area contributed by atoms with E-state index < -0.39 is 0 Å². The van der Waals surface area contributed by atoms with Crippen molar-refractivity contribution in [1.29, 1.82) is 0 Å². The van der Waals surface area contributed by atoms with Gasteiger partial charge in [0.25, 0.3) is 0 Å². The van der Waals surface area contributed by atoms with Gasteiger partial charge in [-0.2, -0.15) is 0 Å². The van der Waals surface area contributed by atoms with Crippen molar-refractivity contribution in [2.45, 2.75) is 12.5 Å². The molecule has 0 aliphatic carbocycles. The highest BCUT2D eigenvalue weighted by Crippen LogP contribution is 2.25. The number of rotatable bonds is 4. The van der Waals surface area contributed by atoms with Crippen LogP contribution in [0.1, 0.15) is 5.56 Å². The van der Waals surface area contributed by atoms with Crippen LogP contribution in [0.2, 0.25) is 0 Å². The number of para-hydroxylation sites is 1. The molecule has 0 saturated heterocycles. The lowest BCUT2D eigenvalue weighted by Crippen LogP contribution is -2.25. The van der Waals surface area contributed by atoms with Crippen molar-refractivity contribution in [2.24, 2.45) is 0 Å². The molecule has 2 aromatic rings. The molecule has 19 heavy (non-hydrogen) atoms. The van der Waals surface area contributed by atoms with Crippen molar-refractivity contribution < 1.29 is 4.74 Å².